The van der Waals surface area contributed by atoms with Crippen LogP contribution in [0.25, 0.3) is 0 Å². The number of pyridine rings is 1. The Bertz CT molecular complexity index is 617. The van der Waals surface area contributed by atoms with E-state index in [9.17, 15) is 4.79 Å². The molecule has 0 aromatic carbocycles. The van der Waals surface area contributed by atoms with Crippen LogP contribution in [0.5, 0.6) is 0 Å². The summed E-state index contributed by atoms with van der Waals surface area (Å²) in [6.07, 6.45) is 6.00. The molecule has 5 heteroatoms. The lowest BCUT2D eigenvalue weighted by atomic mass is 10.1. The molecule has 0 aliphatic carbocycles. The van der Waals surface area contributed by atoms with Gasteiger partial charge in [-0.1, -0.05) is 11.2 Å². The second-order valence-electron chi connectivity index (χ2n) is 5.51. The molecule has 1 amide bonds. The lowest BCUT2D eigenvalue weighted by Crippen LogP contribution is -2.32. The predicted molar refractivity (Wildman–Crippen MR) is 77.6 cm³/mol. The van der Waals surface area contributed by atoms with Crippen LogP contribution in [-0.4, -0.2) is 27.5 Å². The minimum absolute atomic E-state index is 0.135. The van der Waals surface area contributed by atoms with E-state index in [0.717, 1.165) is 42.0 Å². The number of hydrogen-bond donors (Lipinski definition) is 0. The first-order chi connectivity index (χ1) is 10.2. The van der Waals surface area contributed by atoms with Gasteiger partial charge in [0.2, 0.25) is 5.91 Å². The van der Waals surface area contributed by atoms with Gasteiger partial charge >= 0.3 is 0 Å². The quantitative estimate of drug-likeness (QED) is 0.869. The van der Waals surface area contributed by atoms with Gasteiger partial charge in [-0.25, -0.2) is 0 Å². The summed E-state index contributed by atoms with van der Waals surface area (Å²) in [6, 6.07) is 4.11. The van der Waals surface area contributed by atoms with Gasteiger partial charge in [-0.2, -0.15) is 0 Å². The van der Waals surface area contributed by atoms with Crippen LogP contribution < -0.4 is 0 Å². The Morgan fingerprint density at radius 3 is 3.00 bits per heavy atom. The minimum atomic E-state index is 0.135. The molecule has 0 N–H and O–H groups in total. The van der Waals surface area contributed by atoms with E-state index in [1.165, 1.54) is 0 Å². The van der Waals surface area contributed by atoms with Crippen molar-refractivity contribution in [1.82, 2.24) is 15.0 Å². The molecule has 3 rings (SSSR count). The monoisotopic (exact) mass is 285 g/mol. The van der Waals surface area contributed by atoms with Crippen LogP contribution >= 0.6 is 0 Å². The third kappa shape index (κ3) is 2.68. The summed E-state index contributed by atoms with van der Waals surface area (Å²) < 4.78 is 5.14. The highest BCUT2D eigenvalue weighted by atomic mass is 16.5. The molecule has 1 saturated heterocycles. The minimum Gasteiger partial charge on any atom is -0.361 e. The molecule has 0 saturated carbocycles. The highest BCUT2D eigenvalue weighted by molar-refractivity contribution is 5.80. The Morgan fingerprint density at radius 2 is 2.33 bits per heavy atom. The van der Waals surface area contributed by atoms with E-state index in [0.29, 0.717) is 6.42 Å². The van der Waals surface area contributed by atoms with Gasteiger partial charge in [0.05, 0.1) is 18.2 Å². The van der Waals surface area contributed by atoms with Gasteiger partial charge in [-0.15, -0.1) is 0 Å². The van der Waals surface area contributed by atoms with Gasteiger partial charge in [0, 0.05) is 24.5 Å². The van der Waals surface area contributed by atoms with Crippen molar-refractivity contribution >= 4 is 5.91 Å². The molecule has 2 aromatic rings. The van der Waals surface area contributed by atoms with Crippen LogP contribution in [-0.2, 0) is 11.2 Å². The highest BCUT2D eigenvalue weighted by Crippen LogP contribution is 2.32. The number of aryl methyl sites for hydroxylation is 2. The largest absolute Gasteiger partial charge is 0.361 e. The Morgan fingerprint density at radius 1 is 1.48 bits per heavy atom. The summed E-state index contributed by atoms with van der Waals surface area (Å²) >= 11 is 0. The first kappa shape index (κ1) is 13.8. The Kier molecular flexibility index (Phi) is 3.73. The normalized spacial score (nSPS) is 18.2. The van der Waals surface area contributed by atoms with Crippen molar-refractivity contribution in [3.8, 4) is 0 Å². The summed E-state index contributed by atoms with van der Waals surface area (Å²) in [5.41, 5.74) is 2.83. The summed E-state index contributed by atoms with van der Waals surface area (Å²) in [6.45, 7) is 4.54. The molecule has 1 fully saturated rings. The van der Waals surface area contributed by atoms with Crippen LogP contribution in [0.2, 0.25) is 0 Å². The number of rotatable bonds is 3. The van der Waals surface area contributed by atoms with Crippen molar-refractivity contribution < 1.29 is 9.32 Å². The fourth-order valence-corrected chi connectivity index (χ4v) is 2.99. The van der Waals surface area contributed by atoms with E-state index < -0.39 is 0 Å². The Labute approximate surface area is 124 Å². The molecule has 110 valence electrons. The molecule has 0 bridgehead atoms. The Balaban J connectivity index is 1.78. The van der Waals surface area contributed by atoms with E-state index in [-0.39, 0.29) is 11.9 Å². The van der Waals surface area contributed by atoms with Crippen molar-refractivity contribution in [2.24, 2.45) is 0 Å². The van der Waals surface area contributed by atoms with Crippen molar-refractivity contribution in [2.75, 3.05) is 6.54 Å². The fourth-order valence-electron chi connectivity index (χ4n) is 2.99. The van der Waals surface area contributed by atoms with Crippen molar-refractivity contribution in [2.45, 2.75) is 39.2 Å². The zero-order chi connectivity index (χ0) is 14.8. The molecule has 0 radical (unpaired) electrons. The molecular formula is C16H19N3O2. The predicted octanol–water partition coefficient (Wildman–Crippen LogP) is 2.59. The van der Waals surface area contributed by atoms with Crippen molar-refractivity contribution in [3.63, 3.8) is 0 Å². The van der Waals surface area contributed by atoms with Crippen LogP contribution in [0, 0.1) is 13.8 Å². The molecule has 5 nitrogen and oxygen atoms in total. The summed E-state index contributed by atoms with van der Waals surface area (Å²) in [4.78, 5) is 18.8. The number of carbonyl (C=O) groups is 1. The topological polar surface area (TPSA) is 59.2 Å². The number of amides is 1. The zero-order valence-electron chi connectivity index (χ0n) is 12.4. The molecule has 1 aliphatic rings. The van der Waals surface area contributed by atoms with E-state index in [4.69, 9.17) is 4.52 Å². The van der Waals surface area contributed by atoms with E-state index in [1.54, 1.807) is 6.20 Å². The number of carbonyl (C=O) groups excluding carboxylic acids is 1. The number of aromatic nitrogens is 2. The zero-order valence-corrected chi connectivity index (χ0v) is 12.4. The summed E-state index contributed by atoms with van der Waals surface area (Å²) in [5.74, 6) is 0.869. The molecule has 3 heterocycles. The third-order valence-corrected chi connectivity index (χ3v) is 4.15. The number of likely N-dealkylation sites (tertiary alicyclic amines) is 1. The lowest BCUT2D eigenvalue weighted by molar-refractivity contribution is -0.131. The second-order valence-corrected chi connectivity index (χ2v) is 5.51. The maximum Gasteiger partial charge on any atom is 0.227 e. The molecular weight excluding hydrogens is 266 g/mol. The maximum absolute atomic E-state index is 12.6. The van der Waals surface area contributed by atoms with Crippen LogP contribution in [0.15, 0.2) is 29.0 Å². The molecule has 2 aromatic heterocycles. The molecule has 1 unspecified atom stereocenters. The van der Waals surface area contributed by atoms with Crippen molar-refractivity contribution in [1.29, 1.82) is 0 Å². The lowest BCUT2D eigenvalue weighted by Gasteiger charge is -2.25. The van der Waals surface area contributed by atoms with Crippen LogP contribution in [0.4, 0.5) is 0 Å². The number of nitrogens with zero attached hydrogens (tertiary/aromatic N) is 3. The highest BCUT2D eigenvalue weighted by Gasteiger charge is 2.30. The molecule has 1 atom stereocenters. The van der Waals surface area contributed by atoms with Crippen LogP contribution in [0.3, 0.4) is 0 Å². The van der Waals surface area contributed by atoms with Gasteiger partial charge in [-0.3, -0.25) is 9.78 Å². The summed E-state index contributed by atoms with van der Waals surface area (Å²) in [7, 11) is 0. The molecule has 1 aliphatic heterocycles. The van der Waals surface area contributed by atoms with Gasteiger partial charge < -0.3 is 9.42 Å². The average molecular weight is 285 g/mol. The van der Waals surface area contributed by atoms with Crippen LogP contribution in [0.1, 0.15) is 41.5 Å². The molecule has 21 heavy (non-hydrogen) atoms. The van der Waals surface area contributed by atoms with Gasteiger partial charge in [0.25, 0.3) is 0 Å². The Hall–Kier alpha value is -2.17. The smallest absolute Gasteiger partial charge is 0.227 e. The van der Waals surface area contributed by atoms with E-state index in [1.807, 2.05) is 37.1 Å². The van der Waals surface area contributed by atoms with Gasteiger partial charge in [0.1, 0.15) is 5.76 Å². The van der Waals surface area contributed by atoms with E-state index in [2.05, 4.69) is 10.1 Å². The van der Waals surface area contributed by atoms with Crippen molar-refractivity contribution in [3.05, 3.63) is 47.1 Å². The average Bonchev–Trinajstić information content (AvgIpc) is 3.10. The maximum atomic E-state index is 12.6. The van der Waals surface area contributed by atoms with E-state index >= 15 is 0 Å². The standard InChI is InChI=1S/C16H19N3O2/c1-11-14(12(2)21-18-11)9-16(20)19-8-4-6-15(19)13-5-3-7-17-10-13/h3,5,7,10,15H,4,6,8-9H2,1-2H3. The first-order valence-electron chi connectivity index (χ1n) is 7.28. The van der Waals surface area contributed by atoms with Gasteiger partial charge in [0.15, 0.2) is 0 Å². The molecule has 0 spiro atoms. The first-order valence-corrected chi connectivity index (χ1v) is 7.28. The second kappa shape index (κ2) is 5.68. The fraction of sp³-hybridized carbons (Fsp3) is 0.438. The number of hydrogen-bond acceptors (Lipinski definition) is 4. The summed E-state index contributed by atoms with van der Waals surface area (Å²) in [5, 5.41) is 3.92. The SMILES string of the molecule is Cc1noc(C)c1CC(=O)N1CCCC1c1cccnc1. The van der Waals surface area contributed by atoms with Gasteiger partial charge in [-0.05, 0) is 38.3 Å². The third-order valence-electron chi connectivity index (χ3n) is 4.15.